The number of hydrogen-bond acceptors (Lipinski definition) is 3. The van der Waals surface area contributed by atoms with Crippen LogP contribution in [0.25, 0.3) is 0 Å². The Morgan fingerprint density at radius 2 is 1.32 bits per heavy atom. The number of unbranched alkanes of at least 4 members (excludes halogenated alkanes) is 7. The molecule has 0 heterocycles. The first-order valence-electron chi connectivity index (χ1n) is 9.17. The van der Waals surface area contributed by atoms with E-state index in [2.05, 4.69) is 53.4 Å². The first-order chi connectivity index (χ1) is 10.2. The molecule has 0 aromatic carbocycles. The maximum atomic E-state index is 6.32. The molecule has 0 aromatic heterocycles. The van der Waals surface area contributed by atoms with Gasteiger partial charge in [0.2, 0.25) is 0 Å². The smallest absolute Gasteiger partial charge is 0.332 e. The Hall–Kier alpha value is 0.487. The first kappa shape index (κ1) is 22.5. The summed E-state index contributed by atoms with van der Waals surface area (Å²) in [6.45, 7) is 12.9. The van der Waals surface area contributed by atoms with Crippen molar-refractivity contribution < 1.29 is 8.85 Å². The zero-order valence-corrected chi connectivity index (χ0v) is 17.8. The highest BCUT2D eigenvalue weighted by Crippen LogP contribution is 2.25. The lowest BCUT2D eigenvalue weighted by molar-refractivity contribution is 0.0345. The summed E-state index contributed by atoms with van der Waals surface area (Å²) >= 11 is 4.25. The van der Waals surface area contributed by atoms with Gasteiger partial charge in [0.25, 0.3) is 0 Å². The second-order valence-electron chi connectivity index (χ2n) is 7.73. The lowest BCUT2D eigenvalue weighted by Crippen LogP contribution is -2.45. The highest BCUT2D eigenvalue weighted by Gasteiger charge is 2.33. The molecule has 0 amide bonds. The Kier molecular flexibility index (Phi) is 12.2. The van der Waals surface area contributed by atoms with Gasteiger partial charge < -0.3 is 8.85 Å². The predicted molar refractivity (Wildman–Crippen MR) is 104 cm³/mol. The minimum atomic E-state index is -2.00. The van der Waals surface area contributed by atoms with E-state index >= 15 is 0 Å². The van der Waals surface area contributed by atoms with Crippen molar-refractivity contribution in [3.63, 3.8) is 0 Å². The van der Waals surface area contributed by atoms with Crippen LogP contribution in [-0.2, 0) is 8.85 Å². The van der Waals surface area contributed by atoms with Crippen LogP contribution in [0.15, 0.2) is 0 Å². The number of rotatable bonds is 14. The molecular formula is C18H40O2SSi. The van der Waals surface area contributed by atoms with E-state index in [9.17, 15) is 0 Å². The fourth-order valence-electron chi connectivity index (χ4n) is 3.03. The van der Waals surface area contributed by atoms with Crippen molar-refractivity contribution in [2.45, 2.75) is 110 Å². The fourth-order valence-corrected chi connectivity index (χ4v) is 5.87. The van der Waals surface area contributed by atoms with Crippen LogP contribution in [0.4, 0.5) is 0 Å². The van der Waals surface area contributed by atoms with Gasteiger partial charge in [0.1, 0.15) is 0 Å². The van der Waals surface area contributed by atoms with Gasteiger partial charge in [0.15, 0.2) is 0 Å². The molecule has 0 aliphatic carbocycles. The van der Waals surface area contributed by atoms with Crippen molar-refractivity contribution >= 4 is 21.2 Å². The topological polar surface area (TPSA) is 18.5 Å². The Morgan fingerprint density at radius 1 is 0.864 bits per heavy atom. The summed E-state index contributed by atoms with van der Waals surface area (Å²) in [6, 6.07) is 0. The van der Waals surface area contributed by atoms with Crippen LogP contribution in [-0.4, -0.2) is 26.0 Å². The average molecular weight is 349 g/mol. The maximum Gasteiger partial charge on any atom is 0.332 e. The molecule has 134 valence electrons. The fraction of sp³-hybridized carbons (Fsp3) is 1.00. The standard InChI is InChI=1S/C18H40O2SSi/c1-17(2)19-22(5,6)20-18(3,4)15-13-11-9-7-8-10-12-14-16-21/h17,21H,7-16H2,1-6H3. The molecule has 0 N–H and O–H groups in total. The van der Waals surface area contributed by atoms with Gasteiger partial charge >= 0.3 is 8.56 Å². The molecule has 0 aliphatic heterocycles. The molecule has 0 rings (SSSR count). The summed E-state index contributed by atoms with van der Waals surface area (Å²) in [4.78, 5) is 0. The average Bonchev–Trinajstić information content (AvgIpc) is 2.33. The van der Waals surface area contributed by atoms with E-state index in [4.69, 9.17) is 8.85 Å². The lowest BCUT2D eigenvalue weighted by atomic mass is 9.99. The third-order valence-corrected chi connectivity index (χ3v) is 6.13. The van der Waals surface area contributed by atoms with E-state index < -0.39 is 8.56 Å². The maximum absolute atomic E-state index is 6.32. The second kappa shape index (κ2) is 11.9. The van der Waals surface area contributed by atoms with Crippen molar-refractivity contribution in [1.29, 1.82) is 0 Å². The van der Waals surface area contributed by atoms with Crippen LogP contribution in [0.1, 0.15) is 85.5 Å². The van der Waals surface area contributed by atoms with Crippen molar-refractivity contribution in [2.24, 2.45) is 0 Å². The molecule has 0 unspecified atom stereocenters. The van der Waals surface area contributed by atoms with Crippen LogP contribution in [0.5, 0.6) is 0 Å². The van der Waals surface area contributed by atoms with Crippen LogP contribution in [0, 0.1) is 0 Å². The third-order valence-electron chi connectivity index (χ3n) is 3.73. The summed E-state index contributed by atoms with van der Waals surface area (Å²) < 4.78 is 12.3. The summed E-state index contributed by atoms with van der Waals surface area (Å²) in [5.41, 5.74) is -0.0584. The van der Waals surface area contributed by atoms with Crippen LogP contribution < -0.4 is 0 Å². The highest BCUT2D eigenvalue weighted by atomic mass is 32.1. The first-order valence-corrected chi connectivity index (χ1v) is 12.6. The Labute approximate surface area is 146 Å². The summed E-state index contributed by atoms with van der Waals surface area (Å²) in [6.07, 6.45) is 12.1. The van der Waals surface area contributed by atoms with Crippen LogP contribution >= 0.6 is 12.6 Å². The zero-order chi connectivity index (χ0) is 17.1. The summed E-state index contributed by atoms with van der Waals surface area (Å²) in [5.74, 6) is 1.04. The van der Waals surface area contributed by atoms with E-state index in [0.29, 0.717) is 0 Å². The molecule has 0 fully saturated rings. The number of hydrogen-bond donors (Lipinski definition) is 1. The van der Waals surface area contributed by atoms with Crippen molar-refractivity contribution in [3.8, 4) is 0 Å². The summed E-state index contributed by atoms with van der Waals surface area (Å²) in [5, 5.41) is 0. The van der Waals surface area contributed by atoms with Crippen molar-refractivity contribution in [1.82, 2.24) is 0 Å². The Bertz CT molecular complexity index is 268. The molecule has 0 aliphatic rings. The van der Waals surface area contributed by atoms with Gasteiger partial charge in [-0.05, 0) is 59.4 Å². The van der Waals surface area contributed by atoms with E-state index in [-0.39, 0.29) is 11.7 Å². The van der Waals surface area contributed by atoms with Crippen molar-refractivity contribution in [2.75, 3.05) is 5.75 Å². The Balaban J connectivity index is 3.71. The van der Waals surface area contributed by atoms with E-state index in [1.807, 2.05) is 0 Å². The van der Waals surface area contributed by atoms with Crippen LogP contribution in [0.3, 0.4) is 0 Å². The van der Waals surface area contributed by atoms with Gasteiger partial charge in [0.05, 0.1) is 5.60 Å². The lowest BCUT2D eigenvalue weighted by Gasteiger charge is -2.35. The largest absolute Gasteiger partial charge is 0.392 e. The third kappa shape index (κ3) is 14.1. The molecule has 0 bridgehead atoms. The van der Waals surface area contributed by atoms with Crippen LogP contribution in [0.2, 0.25) is 13.1 Å². The predicted octanol–water partition coefficient (Wildman–Crippen LogP) is 6.35. The van der Waals surface area contributed by atoms with Crippen molar-refractivity contribution in [3.05, 3.63) is 0 Å². The summed E-state index contributed by atoms with van der Waals surface area (Å²) in [7, 11) is -2.00. The molecule has 0 saturated heterocycles. The van der Waals surface area contributed by atoms with Gasteiger partial charge in [-0.2, -0.15) is 12.6 Å². The van der Waals surface area contributed by atoms with Gasteiger partial charge in [-0.3, -0.25) is 0 Å². The molecule has 2 nitrogen and oxygen atoms in total. The SMILES string of the molecule is CC(C)O[Si](C)(C)OC(C)(C)CCCCCCCCCCS. The molecule has 22 heavy (non-hydrogen) atoms. The highest BCUT2D eigenvalue weighted by molar-refractivity contribution is 7.80. The molecule has 0 radical (unpaired) electrons. The zero-order valence-electron chi connectivity index (χ0n) is 15.9. The normalized spacial score (nSPS) is 13.1. The monoisotopic (exact) mass is 348 g/mol. The van der Waals surface area contributed by atoms with E-state index in [1.165, 1.54) is 51.4 Å². The molecule has 0 atom stereocenters. The van der Waals surface area contributed by atoms with Gasteiger partial charge in [-0.1, -0.05) is 44.9 Å². The van der Waals surface area contributed by atoms with Gasteiger partial charge in [-0.15, -0.1) is 0 Å². The van der Waals surface area contributed by atoms with Gasteiger partial charge in [0, 0.05) is 6.10 Å². The van der Waals surface area contributed by atoms with E-state index in [0.717, 1.165) is 12.2 Å². The minimum absolute atomic E-state index is 0.0584. The second-order valence-corrected chi connectivity index (χ2v) is 11.4. The Morgan fingerprint density at radius 3 is 1.77 bits per heavy atom. The molecule has 0 saturated carbocycles. The quantitative estimate of drug-likeness (QED) is 0.224. The minimum Gasteiger partial charge on any atom is -0.392 e. The van der Waals surface area contributed by atoms with Gasteiger partial charge in [-0.25, -0.2) is 0 Å². The number of thiol groups is 1. The molecule has 0 aromatic rings. The molecular weight excluding hydrogens is 308 g/mol. The molecule has 0 spiro atoms. The van der Waals surface area contributed by atoms with E-state index in [1.54, 1.807) is 0 Å². The molecule has 4 heteroatoms.